The number of nitrogens with zero attached hydrogens (tertiary/aromatic N) is 1. The Bertz CT molecular complexity index is 421. The monoisotopic (exact) mass is 364 g/mol. The molecular formula is C11H21N2NaO7Ti. The summed E-state index contributed by atoms with van der Waals surface area (Å²) in [5.74, 6) is -1.20. The van der Waals surface area contributed by atoms with Gasteiger partial charge in [0.25, 0.3) is 5.91 Å². The van der Waals surface area contributed by atoms with E-state index in [0.29, 0.717) is 6.42 Å². The van der Waals surface area contributed by atoms with Crippen LogP contribution in [0.15, 0.2) is 4.99 Å². The Kier molecular flexibility index (Phi) is 11.2. The fraction of sp³-hybridized carbons (Fsp3) is 0.727. The van der Waals surface area contributed by atoms with Crippen LogP contribution >= 0.6 is 0 Å². The zero-order valence-electron chi connectivity index (χ0n) is 13.2. The third kappa shape index (κ3) is 7.16. The second-order valence-electron chi connectivity index (χ2n) is 4.79. The summed E-state index contributed by atoms with van der Waals surface area (Å²) in [6, 6.07) is -0.845. The first-order valence-corrected chi connectivity index (χ1v) is 9.29. The van der Waals surface area contributed by atoms with Gasteiger partial charge in [0, 0.05) is 0 Å². The van der Waals surface area contributed by atoms with Crippen LogP contribution in [0.25, 0.3) is 0 Å². The molecule has 0 aliphatic carbocycles. The normalized spacial score (nSPS) is 22.6. The SMILES string of the molecule is CCCC(C)C1(CC)C(=O)N=C([O-])NC1=O.[Na+].[OH][Ti]([OH])([OH])[OH]. The van der Waals surface area contributed by atoms with Gasteiger partial charge in [-0.2, -0.15) is 0 Å². The van der Waals surface area contributed by atoms with Gasteiger partial charge in [-0.15, -0.1) is 0 Å². The fourth-order valence-electron chi connectivity index (χ4n) is 2.30. The van der Waals surface area contributed by atoms with E-state index in [9.17, 15) is 14.7 Å². The number of nitrogens with one attached hydrogen (secondary N) is 1. The molecule has 122 valence electrons. The number of carbonyl (C=O) groups is 2. The van der Waals surface area contributed by atoms with Crippen LogP contribution in [0.4, 0.5) is 0 Å². The number of aliphatic imine (C=N–C) groups is 1. The van der Waals surface area contributed by atoms with Crippen molar-refractivity contribution in [1.29, 1.82) is 0 Å². The average Bonchev–Trinajstić information content (AvgIpc) is 2.26. The van der Waals surface area contributed by atoms with Crippen LogP contribution in [0.3, 0.4) is 0 Å². The molecule has 0 radical (unpaired) electrons. The van der Waals surface area contributed by atoms with E-state index < -0.39 is 41.4 Å². The van der Waals surface area contributed by atoms with Crippen molar-refractivity contribution >= 4 is 17.8 Å². The van der Waals surface area contributed by atoms with Crippen molar-refractivity contribution in [3.05, 3.63) is 0 Å². The van der Waals surface area contributed by atoms with Crippen molar-refractivity contribution in [2.24, 2.45) is 16.3 Å². The Balaban J connectivity index is 0. The fourth-order valence-corrected chi connectivity index (χ4v) is 2.30. The first-order valence-electron chi connectivity index (χ1n) is 6.50. The maximum absolute atomic E-state index is 11.9. The van der Waals surface area contributed by atoms with E-state index >= 15 is 0 Å². The van der Waals surface area contributed by atoms with Crippen molar-refractivity contribution in [3.63, 3.8) is 0 Å². The molecule has 1 aliphatic rings. The third-order valence-corrected chi connectivity index (χ3v) is 3.33. The molecule has 2 unspecified atom stereocenters. The predicted octanol–water partition coefficient (Wildman–Crippen LogP) is -5.03. The van der Waals surface area contributed by atoms with E-state index in [2.05, 4.69) is 10.3 Å². The summed E-state index contributed by atoms with van der Waals surface area (Å²) in [6.07, 6.45) is 2.02. The van der Waals surface area contributed by atoms with E-state index in [1.165, 1.54) is 0 Å². The molecule has 0 fully saturated rings. The molecule has 0 aromatic rings. The van der Waals surface area contributed by atoms with Gasteiger partial charge < -0.3 is 10.4 Å². The molecule has 0 bridgehead atoms. The summed E-state index contributed by atoms with van der Waals surface area (Å²) in [7, 11) is 0. The minimum absolute atomic E-state index is 0. The molecule has 1 aliphatic heterocycles. The first kappa shape index (κ1) is 24.4. The van der Waals surface area contributed by atoms with E-state index in [1.807, 2.05) is 13.8 Å². The van der Waals surface area contributed by atoms with Crippen LogP contribution in [0, 0.1) is 11.3 Å². The zero-order valence-corrected chi connectivity index (χ0v) is 16.7. The van der Waals surface area contributed by atoms with Gasteiger partial charge in [0.1, 0.15) is 5.41 Å². The van der Waals surface area contributed by atoms with Gasteiger partial charge >= 0.3 is 62.5 Å². The summed E-state index contributed by atoms with van der Waals surface area (Å²) in [4.78, 5) is 27.1. The number of hydrogen-bond acceptors (Lipinski definition) is 7. The van der Waals surface area contributed by atoms with Crippen LogP contribution in [-0.4, -0.2) is 32.6 Å². The van der Waals surface area contributed by atoms with Crippen LogP contribution < -0.4 is 40.0 Å². The molecule has 1 heterocycles. The molecule has 9 nitrogen and oxygen atoms in total. The van der Waals surface area contributed by atoms with Crippen LogP contribution in [0.2, 0.25) is 0 Å². The van der Waals surface area contributed by atoms with Crippen LogP contribution in [0.1, 0.15) is 40.0 Å². The molecule has 22 heavy (non-hydrogen) atoms. The van der Waals surface area contributed by atoms with Crippen LogP contribution in [0.5, 0.6) is 0 Å². The Hall–Kier alpha value is 0.164. The number of amidine groups is 1. The first-order chi connectivity index (χ1) is 9.48. The zero-order chi connectivity index (χ0) is 16.8. The molecule has 11 heteroatoms. The number of hydrogen-bond donors (Lipinski definition) is 5. The summed E-state index contributed by atoms with van der Waals surface area (Å²) in [5.41, 5.74) is -1.15. The Morgan fingerprint density at radius 2 is 1.73 bits per heavy atom. The molecule has 0 aromatic carbocycles. The van der Waals surface area contributed by atoms with E-state index in [0.717, 1.165) is 12.8 Å². The maximum atomic E-state index is 11.9. The van der Waals surface area contributed by atoms with Crippen molar-refractivity contribution in [1.82, 2.24) is 5.32 Å². The summed E-state index contributed by atoms with van der Waals surface area (Å²) < 4.78 is 29.5. The van der Waals surface area contributed by atoms with E-state index in [4.69, 9.17) is 14.8 Å². The quantitative estimate of drug-likeness (QED) is 0.246. The van der Waals surface area contributed by atoms with Gasteiger partial charge in [0.05, 0.1) is 6.02 Å². The average molecular weight is 364 g/mol. The molecule has 0 saturated heterocycles. The Labute approximate surface area is 156 Å². The second-order valence-corrected chi connectivity index (χ2v) is 6.66. The number of carbonyl (C=O) groups excluding carboxylic acids is 2. The minimum atomic E-state index is -5.00. The Morgan fingerprint density at radius 1 is 1.27 bits per heavy atom. The Morgan fingerprint density at radius 3 is 2.05 bits per heavy atom. The molecule has 0 saturated carbocycles. The van der Waals surface area contributed by atoms with Crippen molar-refractivity contribution in [2.45, 2.75) is 40.0 Å². The summed E-state index contributed by atoms with van der Waals surface area (Å²) in [5, 5.41) is 13.1. The molecule has 0 aromatic heterocycles. The third-order valence-electron chi connectivity index (χ3n) is 3.33. The topological polar surface area (TPSA) is 163 Å². The second kappa shape index (κ2) is 10.1. The van der Waals surface area contributed by atoms with E-state index in [1.54, 1.807) is 6.92 Å². The molecule has 2 atom stereocenters. The molecule has 5 N–H and O–H groups in total. The van der Waals surface area contributed by atoms with Gasteiger partial charge in [-0.25, -0.2) is 4.99 Å². The standard InChI is InChI=1S/C11H18N2O3.Na.4H2O.Ti/c1-4-6-7(3)11(5-2)8(14)12-10(16)13-9(11)15;;;;;;/h7H,4-6H2,1-3H3,(H2,12,13,14,15,16);;4*1H2;/q;+1;;;;;+4/p-5. The van der Waals surface area contributed by atoms with Crippen molar-refractivity contribution in [3.8, 4) is 0 Å². The molecule has 0 spiro atoms. The van der Waals surface area contributed by atoms with Gasteiger partial charge in [0.15, 0.2) is 0 Å². The van der Waals surface area contributed by atoms with Gasteiger partial charge in [-0.3, -0.25) is 9.59 Å². The summed E-state index contributed by atoms with van der Waals surface area (Å²) in [6.45, 7) is 5.62. The summed E-state index contributed by atoms with van der Waals surface area (Å²) >= 11 is -5.00. The molecular weight excluding hydrogens is 343 g/mol. The number of rotatable bonds is 4. The van der Waals surface area contributed by atoms with Gasteiger partial charge in [-0.1, -0.05) is 27.2 Å². The number of amides is 2. The molecule has 2 amide bonds. The molecule has 1 rings (SSSR count). The predicted molar refractivity (Wildman–Crippen MR) is 66.3 cm³/mol. The van der Waals surface area contributed by atoms with Gasteiger partial charge in [0.2, 0.25) is 5.91 Å². The van der Waals surface area contributed by atoms with E-state index in [-0.39, 0.29) is 35.5 Å². The van der Waals surface area contributed by atoms with Crippen molar-refractivity contribution < 1.29 is 77.1 Å². The van der Waals surface area contributed by atoms with Gasteiger partial charge in [-0.05, 0) is 18.8 Å². The van der Waals surface area contributed by atoms with Crippen LogP contribution in [-0.2, 0) is 27.7 Å². The van der Waals surface area contributed by atoms with Crippen molar-refractivity contribution in [2.75, 3.05) is 0 Å².